The topological polar surface area (TPSA) is 54.9 Å². The quantitative estimate of drug-likeness (QED) is 0.370. The van der Waals surface area contributed by atoms with Gasteiger partial charge in [-0.05, 0) is 23.8 Å². The molecule has 0 fully saturated rings. The highest BCUT2D eigenvalue weighted by Gasteiger charge is 2.24. The van der Waals surface area contributed by atoms with E-state index in [0.717, 1.165) is 30.4 Å². The van der Waals surface area contributed by atoms with E-state index in [1.807, 2.05) is 30.3 Å². The van der Waals surface area contributed by atoms with Crippen LogP contribution in [0.3, 0.4) is 0 Å². The molecular formula is C22H30IN3O2. The van der Waals surface area contributed by atoms with Crippen LogP contribution in [0.15, 0.2) is 53.5 Å². The van der Waals surface area contributed by atoms with Gasteiger partial charge >= 0.3 is 0 Å². The van der Waals surface area contributed by atoms with Gasteiger partial charge in [-0.25, -0.2) is 0 Å². The minimum Gasteiger partial charge on any atom is -0.497 e. The Hall–Kier alpha value is -1.96. The van der Waals surface area contributed by atoms with Crippen molar-refractivity contribution in [2.75, 3.05) is 27.3 Å². The molecule has 0 saturated carbocycles. The van der Waals surface area contributed by atoms with Crippen LogP contribution in [-0.4, -0.2) is 33.3 Å². The summed E-state index contributed by atoms with van der Waals surface area (Å²) in [5.41, 5.74) is 2.33. The van der Waals surface area contributed by atoms with E-state index in [4.69, 9.17) is 9.47 Å². The standard InChI is InChI=1S/C22H29N3O2.HI/c1-22(2,16-8-7-9-17(14-16)26-4)15-24-21(23-3)25-19-12-13-27-20-11-6-5-10-18(19)20;/h5-11,14,19H,12-13,15H2,1-4H3,(H2,23,24,25);1H. The normalized spacial score (nSPS) is 16.3. The van der Waals surface area contributed by atoms with Gasteiger partial charge in [0.05, 0.1) is 19.8 Å². The SMILES string of the molecule is CN=C(NCC(C)(C)c1cccc(OC)c1)NC1CCOc2ccccc21.I. The minimum atomic E-state index is -0.0697. The van der Waals surface area contributed by atoms with Crippen LogP contribution in [-0.2, 0) is 5.41 Å². The average Bonchev–Trinajstić information content (AvgIpc) is 2.71. The van der Waals surface area contributed by atoms with E-state index < -0.39 is 0 Å². The number of fused-ring (bicyclic) bond motifs is 1. The van der Waals surface area contributed by atoms with Crippen LogP contribution < -0.4 is 20.1 Å². The molecule has 0 amide bonds. The van der Waals surface area contributed by atoms with Crippen LogP contribution in [0, 0.1) is 0 Å². The Labute approximate surface area is 184 Å². The molecule has 1 aliphatic heterocycles. The number of methoxy groups -OCH3 is 1. The van der Waals surface area contributed by atoms with Crippen molar-refractivity contribution in [2.45, 2.75) is 31.7 Å². The highest BCUT2D eigenvalue weighted by molar-refractivity contribution is 14.0. The zero-order valence-corrected chi connectivity index (χ0v) is 19.3. The smallest absolute Gasteiger partial charge is 0.191 e. The number of hydrogen-bond donors (Lipinski definition) is 2. The Bertz CT molecular complexity index is 808. The van der Waals surface area contributed by atoms with Gasteiger partial charge in [0.1, 0.15) is 11.5 Å². The van der Waals surface area contributed by atoms with E-state index in [1.165, 1.54) is 11.1 Å². The number of hydrogen-bond acceptors (Lipinski definition) is 3. The Morgan fingerprint density at radius 2 is 2.00 bits per heavy atom. The first-order valence-corrected chi connectivity index (χ1v) is 9.37. The van der Waals surface area contributed by atoms with Gasteiger partial charge < -0.3 is 20.1 Å². The van der Waals surface area contributed by atoms with E-state index >= 15 is 0 Å². The molecule has 5 nitrogen and oxygen atoms in total. The Balaban J connectivity index is 0.00000280. The second kappa shape index (κ2) is 10.0. The molecule has 2 aromatic carbocycles. The fraction of sp³-hybridized carbons (Fsp3) is 0.409. The number of ether oxygens (including phenoxy) is 2. The zero-order valence-electron chi connectivity index (χ0n) is 17.0. The lowest BCUT2D eigenvalue weighted by molar-refractivity contribution is 0.261. The molecule has 0 aliphatic carbocycles. The molecule has 2 N–H and O–H groups in total. The molecule has 1 heterocycles. The summed E-state index contributed by atoms with van der Waals surface area (Å²) in [6.45, 7) is 5.89. The molecule has 6 heteroatoms. The number of rotatable bonds is 5. The van der Waals surface area contributed by atoms with E-state index in [2.05, 4.69) is 47.7 Å². The molecule has 0 saturated heterocycles. The van der Waals surface area contributed by atoms with Crippen LogP contribution in [0.4, 0.5) is 0 Å². The van der Waals surface area contributed by atoms with Crippen LogP contribution >= 0.6 is 24.0 Å². The van der Waals surface area contributed by atoms with Gasteiger partial charge in [-0.15, -0.1) is 24.0 Å². The maximum atomic E-state index is 5.75. The van der Waals surface area contributed by atoms with E-state index in [9.17, 15) is 0 Å². The van der Waals surface area contributed by atoms with Gasteiger partial charge in [0, 0.05) is 31.0 Å². The first-order chi connectivity index (χ1) is 13.0. The van der Waals surface area contributed by atoms with Crippen molar-refractivity contribution >= 4 is 29.9 Å². The second-order valence-corrected chi connectivity index (χ2v) is 7.41. The summed E-state index contributed by atoms with van der Waals surface area (Å²) in [4.78, 5) is 4.41. The predicted molar refractivity (Wildman–Crippen MR) is 125 cm³/mol. The Kier molecular flexibility index (Phi) is 7.98. The molecule has 0 spiro atoms. The third kappa shape index (κ3) is 5.31. The molecule has 3 rings (SSSR count). The lowest BCUT2D eigenvalue weighted by atomic mass is 9.84. The van der Waals surface area contributed by atoms with Crippen molar-refractivity contribution in [1.29, 1.82) is 0 Å². The number of halogens is 1. The molecule has 2 aromatic rings. The third-order valence-corrected chi connectivity index (χ3v) is 5.04. The molecule has 0 aromatic heterocycles. The summed E-state index contributed by atoms with van der Waals surface area (Å²) in [5.74, 6) is 2.63. The van der Waals surface area contributed by atoms with Gasteiger partial charge in [0.25, 0.3) is 0 Å². The molecule has 1 unspecified atom stereocenters. The molecule has 1 atom stereocenters. The van der Waals surface area contributed by atoms with Gasteiger partial charge in [-0.2, -0.15) is 0 Å². The first-order valence-electron chi connectivity index (χ1n) is 9.37. The monoisotopic (exact) mass is 495 g/mol. The maximum absolute atomic E-state index is 5.75. The first kappa shape index (κ1) is 22.3. The van der Waals surface area contributed by atoms with E-state index in [1.54, 1.807) is 14.2 Å². The zero-order chi connectivity index (χ0) is 19.3. The number of nitrogens with zero attached hydrogens (tertiary/aromatic N) is 1. The molecule has 28 heavy (non-hydrogen) atoms. The maximum Gasteiger partial charge on any atom is 0.191 e. The predicted octanol–water partition coefficient (Wildman–Crippen LogP) is 4.28. The Morgan fingerprint density at radius 1 is 1.21 bits per heavy atom. The van der Waals surface area contributed by atoms with Gasteiger partial charge in [0.15, 0.2) is 5.96 Å². The van der Waals surface area contributed by atoms with E-state index in [0.29, 0.717) is 6.61 Å². The summed E-state index contributed by atoms with van der Waals surface area (Å²) < 4.78 is 11.1. The van der Waals surface area contributed by atoms with Crippen molar-refractivity contribution in [3.05, 3.63) is 59.7 Å². The van der Waals surface area contributed by atoms with E-state index in [-0.39, 0.29) is 35.4 Å². The van der Waals surface area contributed by atoms with Crippen molar-refractivity contribution in [3.8, 4) is 11.5 Å². The largest absolute Gasteiger partial charge is 0.497 e. The average molecular weight is 495 g/mol. The van der Waals surface area contributed by atoms with Gasteiger partial charge in [0.2, 0.25) is 0 Å². The van der Waals surface area contributed by atoms with Crippen LogP contribution in [0.1, 0.15) is 37.4 Å². The number of guanidine groups is 1. The second-order valence-electron chi connectivity index (χ2n) is 7.41. The summed E-state index contributed by atoms with van der Waals surface area (Å²) in [7, 11) is 3.50. The summed E-state index contributed by atoms with van der Waals surface area (Å²) >= 11 is 0. The van der Waals surface area contributed by atoms with Crippen LogP contribution in [0.5, 0.6) is 11.5 Å². The van der Waals surface area contributed by atoms with Crippen molar-refractivity contribution < 1.29 is 9.47 Å². The van der Waals surface area contributed by atoms with Crippen molar-refractivity contribution in [2.24, 2.45) is 4.99 Å². The minimum absolute atomic E-state index is 0. The fourth-order valence-corrected chi connectivity index (χ4v) is 3.30. The summed E-state index contributed by atoms with van der Waals surface area (Å²) in [5, 5.41) is 7.02. The summed E-state index contributed by atoms with van der Waals surface area (Å²) in [6.07, 6.45) is 0.914. The third-order valence-electron chi connectivity index (χ3n) is 5.04. The van der Waals surface area contributed by atoms with Gasteiger partial charge in [-0.3, -0.25) is 4.99 Å². The summed E-state index contributed by atoms with van der Waals surface area (Å²) in [6, 6.07) is 16.6. The molecule has 0 bridgehead atoms. The molecule has 1 aliphatic rings. The number of benzene rings is 2. The fourth-order valence-electron chi connectivity index (χ4n) is 3.30. The van der Waals surface area contributed by atoms with Gasteiger partial charge in [-0.1, -0.05) is 44.2 Å². The van der Waals surface area contributed by atoms with Crippen molar-refractivity contribution in [1.82, 2.24) is 10.6 Å². The number of aliphatic imine (C=N–C) groups is 1. The lowest BCUT2D eigenvalue weighted by Gasteiger charge is -2.30. The number of para-hydroxylation sites is 1. The molecule has 0 radical (unpaired) electrons. The van der Waals surface area contributed by atoms with Crippen LogP contribution in [0.2, 0.25) is 0 Å². The molecule has 152 valence electrons. The lowest BCUT2D eigenvalue weighted by Crippen LogP contribution is -2.45. The van der Waals surface area contributed by atoms with Crippen molar-refractivity contribution in [3.63, 3.8) is 0 Å². The number of nitrogens with one attached hydrogen (secondary N) is 2. The van der Waals surface area contributed by atoms with Crippen LogP contribution in [0.25, 0.3) is 0 Å². The molecular weight excluding hydrogens is 465 g/mol. The Morgan fingerprint density at radius 3 is 2.75 bits per heavy atom. The highest BCUT2D eigenvalue weighted by Crippen LogP contribution is 2.31. The highest BCUT2D eigenvalue weighted by atomic mass is 127.